The Morgan fingerprint density at radius 2 is 2.00 bits per heavy atom. The molecule has 3 atom stereocenters. The average molecular weight is 486 g/mol. The van der Waals surface area contributed by atoms with Crippen molar-refractivity contribution in [1.29, 1.82) is 0 Å². The third kappa shape index (κ3) is 5.74. The number of carbonyl (C=O) groups is 2. The molecule has 10 heteroatoms. The molecule has 10 nitrogen and oxygen atoms in total. The van der Waals surface area contributed by atoms with Crippen LogP contribution in [0.1, 0.15) is 56.8 Å². The SMILES string of the molecule is Cc1nc(-c2nnn(C)c2COC(=O)N(C)CC2CCC2)ccc1O[C@@H]1CCC(C)[C@H](C(=O)O)C1. The standard InChI is InChI=1S/C25H35N5O5/c1-15-8-9-18(12-19(15)24(31)32)35-22-11-10-20(26-16(22)2)23-21(30(4)28-27-23)14-34-25(33)29(3)13-17-6-5-7-17/h10-11,15,17-19H,5-9,12-14H2,1-4H3,(H,31,32)/t15?,18-,19-/m1/s1. The fourth-order valence-electron chi connectivity index (χ4n) is 4.83. The van der Waals surface area contributed by atoms with E-state index in [1.807, 2.05) is 19.9 Å². The van der Waals surface area contributed by atoms with E-state index in [0.717, 1.165) is 25.7 Å². The third-order valence-corrected chi connectivity index (χ3v) is 7.38. The lowest BCUT2D eigenvalue weighted by molar-refractivity contribution is -0.146. The summed E-state index contributed by atoms with van der Waals surface area (Å²) in [6.45, 7) is 4.59. The number of carboxylic acid groups (broad SMARTS) is 1. The number of nitrogens with zero attached hydrogens (tertiary/aromatic N) is 5. The van der Waals surface area contributed by atoms with E-state index in [2.05, 4.69) is 15.3 Å². The summed E-state index contributed by atoms with van der Waals surface area (Å²) in [7, 11) is 3.52. The van der Waals surface area contributed by atoms with Crippen LogP contribution >= 0.6 is 0 Å². The summed E-state index contributed by atoms with van der Waals surface area (Å²) in [4.78, 5) is 30.3. The van der Waals surface area contributed by atoms with Crippen LogP contribution in [0.2, 0.25) is 0 Å². The molecular weight excluding hydrogens is 450 g/mol. The molecule has 0 radical (unpaired) electrons. The monoisotopic (exact) mass is 485 g/mol. The molecule has 0 saturated heterocycles. The maximum atomic E-state index is 12.4. The van der Waals surface area contributed by atoms with E-state index in [1.54, 1.807) is 29.7 Å². The lowest BCUT2D eigenvalue weighted by Crippen LogP contribution is -2.34. The molecular formula is C25H35N5O5. The maximum absolute atomic E-state index is 12.4. The molecule has 2 aromatic heterocycles. The Balaban J connectivity index is 1.41. The molecule has 2 saturated carbocycles. The zero-order chi connectivity index (χ0) is 25.1. The number of hydrogen-bond donors (Lipinski definition) is 1. The second-order valence-electron chi connectivity index (χ2n) is 10.00. The Morgan fingerprint density at radius 1 is 1.23 bits per heavy atom. The molecule has 0 spiro atoms. The summed E-state index contributed by atoms with van der Waals surface area (Å²) >= 11 is 0. The number of aryl methyl sites for hydroxylation is 2. The Labute approximate surface area is 205 Å². The van der Waals surface area contributed by atoms with Crippen molar-refractivity contribution in [1.82, 2.24) is 24.9 Å². The molecule has 35 heavy (non-hydrogen) atoms. The second-order valence-corrected chi connectivity index (χ2v) is 10.00. The van der Waals surface area contributed by atoms with Crippen LogP contribution in [0.3, 0.4) is 0 Å². The molecule has 0 aromatic carbocycles. The van der Waals surface area contributed by atoms with Crippen molar-refractivity contribution >= 4 is 12.1 Å². The fourth-order valence-corrected chi connectivity index (χ4v) is 4.83. The van der Waals surface area contributed by atoms with Gasteiger partial charge in [0.2, 0.25) is 0 Å². The molecule has 1 amide bonds. The molecule has 1 unspecified atom stereocenters. The van der Waals surface area contributed by atoms with Crippen LogP contribution in [0.15, 0.2) is 12.1 Å². The molecule has 2 aromatic rings. The molecule has 2 fully saturated rings. The lowest BCUT2D eigenvalue weighted by Gasteiger charge is -2.32. The van der Waals surface area contributed by atoms with Gasteiger partial charge in [0.1, 0.15) is 23.7 Å². The number of aliphatic carboxylic acids is 1. The van der Waals surface area contributed by atoms with Gasteiger partial charge in [-0.25, -0.2) is 14.5 Å². The van der Waals surface area contributed by atoms with Crippen molar-refractivity contribution in [2.24, 2.45) is 24.8 Å². The van der Waals surface area contributed by atoms with Crippen molar-refractivity contribution in [2.45, 2.75) is 65.1 Å². The number of pyridine rings is 1. The number of ether oxygens (including phenoxy) is 2. The predicted octanol–water partition coefficient (Wildman–Crippen LogP) is 3.82. The van der Waals surface area contributed by atoms with Gasteiger partial charge in [-0.1, -0.05) is 18.6 Å². The molecule has 4 rings (SSSR count). The maximum Gasteiger partial charge on any atom is 0.409 e. The highest BCUT2D eigenvalue weighted by atomic mass is 16.6. The second kappa shape index (κ2) is 10.6. The highest BCUT2D eigenvalue weighted by Gasteiger charge is 2.34. The summed E-state index contributed by atoms with van der Waals surface area (Å²) in [6.07, 6.45) is 5.19. The van der Waals surface area contributed by atoms with Crippen molar-refractivity contribution in [3.63, 3.8) is 0 Å². The average Bonchev–Trinajstić information content (AvgIpc) is 3.17. The van der Waals surface area contributed by atoms with Crippen LogP contribution in [0.25, 0.3) is 11.4 Å². The van der Waals surface area contributed by atoms with E-state index in [1.165, 1.54) is 6.42 Å². The minimum absolute atomic E-state index is 0.0441. The number of carbonyl (C=O) groups excluding carboxylic acids is 1. The van der Waals surface area contributed by atoms with E-state index >= 15 is 0 Å². The number of rotatable bonds is 8. The van der Waals surface area contributed by atoms with E-state index < -0.39 is 5.97 Å². The van der Waals surface area contributed by atoms with Crippen molar-refractivity contribution in [3.05, 3.63) is 23.5 Å². The molecule has 2 aliphatic rings. The number of aromatic nitrogens is 4. The molecule has 0 bridgehead atoms. The van der Waals surface area contributed by atoms with Crippen LogP contribution in [0, 0.1) is 24.7 Å². The number of hydrogen-bond acceptors (Lipinski definition) is 7. The van der Waals surface area contributed by atoms with Gasteiger partial charge in [-0.3, -0.25) is 4.79 Å². The van der Waals surface area contributed by atoms with Gasteiger partial charge in [-0.2, -0.15) is 0 Å². The molecule has 2 aliphatic carbocycles. The van der Waals surface area contributed by atoms with E-state index in [9.17, 15) is 14.7 Å². The van der Waals surface area contributed by atoms with Crippen LogP contribution in [-0.2, 0) is 23.2 Å². The third-order valence-electron chi connectivity index (χ3n) is 7.38. The Bertz CT molecular complexity index is 1070. The first-order valence-corrected chi connectivity index (χ1v) is 12.4. The van der Waals surface area contributed by atoms with E-state index in [0.29, 0.717) is 47.4 Å². The van der Waals surface area contributed by atoms with Gasteiger partial charge in [0, 0.05) is 20.6 Å². The first kappa shape index (κ1) is 24.9. The van der Waals surface area contributed by atoms with E-state index in [4.69, 9.17) is 9.47 Å². The van der Waals surface area contributed by atoms with Gasteiger partial charge in [0.15, 0.2) is 0 Å². The summed E-state index contributed by atoms with van der Waals surface area (Å²) < 4.78 is 13.3. The Hall–Kier alpha value is -3.17. The summed E-state index contributed by atoms with van der Waals surface area (Å²) in [5, 5.41) is 17.8. The minimum Gasteiger partial charge on any atom is -0.489 e. The quantitative estimate of drug-likeness (QED) is 0.599. The van der Waals surface area contributed by atoms with Crippen LogP contribution in [-0.4, -0.2) is 61.7 Å². The topological polar surface area (TPSA) is 120 Å². The van der Waals surface area contributed by atoms with Crippen LogP contribution in [0.5, 0.6) is 5.75 Å². The van der Waals surface area contributed by atoms with Gasteiger partial charge in [-0.15, -0.1) is 5.10 Å². The number of carboxylic acids is 1. The van der Waals surface area contributed by atoms with Crippen molar-refractivity contribution in [3.8, 4) is 17.1 Å². The van der Waals surface area contributed by atoms with Crippen LogP contribution in [0.4, 0.5) is 4.79 Å². The van der Waals surface area contributed by atoms with Gasteiger partial charge in [-0.05, 0) is 63.0 Å². The lowest BCUT2D eigenvalue weighted by atomic mass is 9.79. The largest absolute Gasteiger partial charge is 0.489 e. The molecule has 190 valence electrons. The van der Waals surface area contributed by atoms with Gasteiger partial charge in [0.05, 0.1) is 23.4 Å². The van der Waals surface area contributed by atoms with Gasteiger partial charge < -0.3 is 19.5 Å². The molecule has 0 aliphatic heterocycles. The molecule has 1 N–H and O–H groups in total. The zero-order valence-electron chi connectivity index (χ0n) is 20.9. The summed E-state index contributed by atoms with van der Waals surface area (Å²) in [5.74, 6) is 0.199. The van der Waals surface area contributed by atoms with Gasteiger partial charge >= 0.3 is 12.1 Å². The Morgan fingerprint density at radius 3 is 2.66 bits per heavy atom. The van der Waals surface area contributed by atoms with Crippen LogP contribution < -0.4 is 4.74 Å². The van der Waals surface area contributed by atoms with Gasteiger partial charge in [0.25, 0.3) is 0 Å². The van der Waals surface area contributed by atoms with Crippen molar-refractivity contribution < 1.29 is 24.2 Å². The highest BCUT2D eigenvalue weighted by Crippen LogP contribution is 2.34. The predicted molar refractivity (Wildman–Crippen MR) is 128 cm³/mol. The number of amides is 1. The summed E-state index contributed by atoms with van der Waals surface area (Å²) in [6, 6.07) is 3.64. The van der Waals surface area contributed by atoms with E-state index in [-0.39, 0.29) is 30.6 Å². The fraction of sp³-hybridized carbons (Fsp3) is 0.640. The highest BCUT2D eigenvalue weighted by molar-refractivity contribution is 5.70. The minimum atomic E-state index is -0.763. The zero-order valence-corrected chi connectivity index (χ0v) is 20.9. The first-order valence-electron chi connectivity index (χ1n) is 12.4. The van der Waals surface area contributed by atoms with Crippen molar-refractivity contribution in [2.75, 3.05) is 13.6 Å². The smallest absolute Gasteiger partial charge is 0.409 e. The first-order chi connectivity index (χ1) is 16.7. The summed E-state index contributed by atoms with van der Waals surface area (Å²) in [5.41, 5.74) is 2.50. The Kier molecular flexibility index (Phi) is 7.57. The normalized spacial score (nSPS) is 22.3. The molecule has 2 heterocycles.